The van der Waals surface area contributed by atoms with Crippen molar-refractivity contribution < 1.29 is 4.74 Å². The lowest BCUT2D eigenvalue weighted by molar-refractivity contribution is -0.00864. The molecule has 84 valence electrons. The van der Waals surface area contributed by atoms with Crippen LogP contribution in [0.1, 0.15) is 41.0 Å². The van der Waals surface area contributed by atoms with Gasteiger partial charge in [-0.15, -0.1) is 0 Å². The van der Waals surface area contributed by atoms with E-state index in [1.54, 1.807) is 0 Å². The predicted octanol–water partition coefficient (Wildman–Crippen LogP) is 3.59. The topological polar surface area (TPSA) is 9.23 Å². The smallest absolute Gasteiger partial charge is 0.0496 e. The van der Waals surface area contributed by atoms with Gasteiger partial charge in [-0.1, -0.05) is 41.0 Å². The van der Waals surface area contributed by atoms with E-state index in [9.17, 15) is 0 Å². The maximum Gasteiger partial charge on any atom is 0.0496 e. The summed E-state index contributed by atoms with van der Waals surface area (Å²) in [4.78, 5) is 0. The molecule has 14 heavy (non-hydrogen) atoms. The molecule has 0 aromatic heterocycles. The van der Waals surface area contributed by atoms with Crippen molar-refractivity contribution in [3.63, 3.8) is 0 Å². The molecule has 1 rings (SSSR count). The van der Waals surface area contributed by atoms with Crippen LogP contribution in [0, 0.1) is 29.6 Å². The summed E-state index contributed by atoms with van der Waals surface area (Å²) >= 11 is 0. The first-order valence-corrected chi connectivity index (χ1v) is 6.15. The molecule has 1 fully saturated rings. The summed E-state index contributed by atoms with van der Waals surface area (Å²) in [6.07, 6.45) is 1.26. The van der Waals surface area contributed by atoms with Crippen molar-refractivity contribution in [1.29, 1.82) is 0 Å². The highest BCUT2D eigenvalue weighted by Gasteiger charge is 2.30. The molecule has 1 heterocycles. The Bertz CT molecular complexity index is 161. The van der Waals surface area contributed by atoms with Gasteiger partial charge in [0.2, 0.25) is 0 Å². The van der Waals surface area contributed by atoms with Crippen molar-refractivity contribution in [3.8, 4) is 0 Å². The zero-order valence-electron chi connectivity index (χ0n) is 10.4. The summed E-state index contributed by atoms with van der Waals surface area (Å²) in [5.41, 5.74) is 0. The van der Waals surface area contributed by atoms with Crippen molar-refractivity contribution in [2.75, 3.05) is 13.2 Å². The zero-order chi connectivity index (χ0) is 10.7. The van der Waals surface area contributed by atoms with E-state index in [1.165, 1.54) is 6.42 Å². The normalized spacial score (nSPS) is 45.6. The molecule has 0 radical (unpaired) electrons. The molecule has 0 spiro atoms. The van der Waals surface area contributed by atoms with Crippen LogP contribution in [0.3, 0.4) is 0 Å². The standard InChI is InChI=1S/C13H26O/c1-6-13-8-14-7-9(2)10(3)11(4)12(13)5/h9-13H,6-8H2,1-5H3. The second-order valence-corrected chi connectivity index (χ2v) is 5.26. The fraction of sp³-hybridized carbons (Fsp3) is 1.00. The number of hydrogen-bond acceptors (Lipinski definition) is 1. The molecule has 5 unspecified atom stereocenters. The zero-order valence-corrected chi connectivity index (χ0v) is 10.4. The molecule has 0 amide bonds. The third-order valence-electron chi connectivity index (χ3n) is 4.54. The van der Waals surface area contributed by atoms with E-state index < -0.39 is 0 Å². The number of ether oxygens (including phenoxy) is 1. The van der Waals surface area contributed by atoms with Crippen molar-refractivity contribution in [1.82, 2.24) is 0 Å². The Labute approximate surface area is 89.2 Å². The lowest BCUT2D eigenvalue weighted by Crippen LogP contribution is -2.34. The van der Waals surface area contributed by atoms with E-state index in [2.05, 4.69) is 34.6 Å². The van der Waals surface area contributed by atoms with Gasteiger partial charge in [0.15, 0.2) is 0 Å². The van der Waals surface area contributed by atoms with Crippen LogP contribution < -0.4 is 0 Å². The van der Waals surface area contributed by atoms with Crippen molar-refractivity contribution >= 4 is 0 Å². The summed E-state index contributed by atoms with van der Waals surface area (Å²) < 4.78 is 5.78. The van der Waals surface area contributed by atoms with Gasteiger partial charge < -0.3 is 4.74 Å². The first-order valence-electron chi connectivity index (χ1n) is 6.15. The molecule has 0 saturated carbocycles. The van der Waals surface area contributed by atoms with E-state index in [0.29, 0.717) is 5.92 Å². The average Bonchev–Trinajstić information content (AvgIpc) is 2.20. The minimum absolute atomic E-state index is 0.713. The summed E-state index contributed by atoms with van der Waals surface area (Å²) in [6, 6.07) is 0. The van der Waals surface area contributed by atoms with Gasteiger partial charge in [0.05, 0.1) is 0 Å². The maximum absolute atomic E-state index is 5.78. The van der Waals surface area contributed by atoms with Gasteiger partial charge in [-0.25, -0.2) is 0 Å². The first-order chi connectivity index (χ1) is 6.57. The fourth-order valence-corrected chi connectivity index (χ4v) is 2.62. The van der Waals surface area contributed by atoms with Crippen LogP contribution in [0.15, 0.2) is 0 Å². The monoisotopic (exact) mass is 198 g/mol. The van der Waals surface area contributed by atoms with Gasteiger partial charge in [0.25, 0.3) is 0 Å². The highest BCUT2D eigenvalue weighted by atomic mass is 16.5. The number of rotatable bonds is 1. The maximum atomic E-state index is 5.78. The lowest BCUT2D eigenvalue weighted by Gasteiger charge is -2.37. The lowest BCUT2D eigenvalue weighted by atomic mass is 9.72. The predicted molar refractivity (Wildman–Crippen MR) is 61.3 cm³/mol. The molecule has 1 aliphatic heterocycles. The number of hydrogen-bond donors (Lipinski definition) is 0. The second-order valence-electron chi connectivity index (χ2n) is 5.26. The van der Waals surface area contributed by atoms with E-state index in [1.807, 2.05) is 0 Å². The van der Waals surface area contributed by atoms with Gasteiger partial charge >= 0.3 is 0 Å². The minimum atomic E-state index is 0.713. The van der Waals surface area contributed by atoms with Crippen LogP contribution in [-0.2, 0) is 4.74 Å². The molecular formula is C13H26O. The molecular weight excluding hydrogens is 172 g/mol. The largest absolute Gasteiger partial charge is 0.381 e. The van der Waals surface area contributed by atoms with Crippen LogP contribution in [0.5, 0.6) is 0 Å². The average molecular weight is 198 g/mol. The molecule has 0 aromatic carbocycles. The van der Waals surface area contributed by atoms with Crippen LogP contribution in [0.4, 0.5) is 0 Å². The molecule has 0 N–H and O–H groups in total. The van der Waals surface area contributed by atoms with Gasteiger partial charge in [-0.3, -0.25) is 0 Å². The Morgan fingerprint density at radius 1 is 0.929 bits per heavy atom. The van der Waals surface area contributed by atoms with Crippen LogP contribution >= 0.6 is 0 Å². The summed E-state index contributed by atoms with van der Waals surface area (Å²) in [6.45, 7) is 13.7. The van der Waals surface area contributed by atoms with Gasteiger partial charge in [-0.2, -0.15) is 0 Å². The third kappa shape index (κ3) is 2.50. The quantitative estimate of drug-likeness (QED) is 0.625. The molecule has 0 aromatic rings. The Balaban J connectivity index is 2.67. The summed E-state index contributed by atoms with van der Waals surface area (Å²) in [5, 5.41) is 0. The van der Waals surface area contributed by atoms with Crippen LogP contribution in [-0.4, -0.2) is 13.2 Å². The highest BCUT2D eigenvalue weighted by molar-refractivity contribution is 4.78. The highest BCUT2D eigenvalue weighted by Crippen LogP contribution is 2.34. The summed E-state index contributed by atoms with van der Waals surface area (Å²) in [7, 11) is 0. The third-order valence-corrected chi connectivity index (χ3v) is 4.54. The Morgan fingerprint density at radius 3 is 2.14 bits per heavy atom. The van der Waals surface area contributed by atoms with E-state index in [-0.39, 0.29) is 0 Å². The van der Waals surface area contributed by atoms with Crippen LogP contribution in [0.2, 0.25) is 0 Å². The van der Waals surface area contributed by atoms with Crippen LogP contribution in [0.25, 0.3) is 0 Å². The fourth-order valence-electron chi connectivity index (χ4n) is 2.62. The first kappa shape index (κ1) is 12.0. The van der Waals surface area contributed by atoms with E-state index >= 15 is 0 Å². The van der Waals surface area contributed by atoms with Gasteiger partial charge in [0.1, 0.15) is 0 Å². The van der Waals surface area contributed by atoms with E-state index in [0.717, 1.165) is 36.9 Å². The molecule has 5 atom stereocenters. The van der Waals surface area contributed by atoms with Gasteiger partial charge in [0, 0.05) is 13.2 Å². The van der Waals surface area contributed by atoms with E-state index in [4.69, 9.17) is 4.74 Å². The minimum Gasteiger partial charge on any atom is -0.381 e. The molecule has 0 bridgehead atoms. The molecule has 1 aliphatic rings. The van der Waals surface area contributed by atoms with Crippen molar-refractivity contribution in [2.24, 2.45) is 29.6 Å². The second kappa shape index (κ2) is 5.16. The van der Waals surface area contributed by atoms with Crippen molar-refractivity contribution in [3.05, 3.63) is 0 Å². The summed E-state index contributed by atoms with van der Waals surface area (Å²) in [5.74, 6) is 3.90. The molecule has 1 heteroatoms. The molecule has 1 nitrogen and oxygen atoms in total. The van der Waals surface area contributed by atoms with Crippen molar-refractivity contribution in [2.45, 2.75) is 41.0 Å². The Hall–Kier alpha value is -0.0400. The SMILES string of the molecule is CCC1COCC(C)C(C)C(C)C1C. The Morgan fingerprint density at radius 2 is 1.57 bits per heavy atom. The van der Waals surface area contributed by atoms with Gasteiger partial charge in [-0.05, 0) is 29.6 Å². The molecule has 1 saturated heterocycles. The Kier molecular flexibility index (Phi) is 4.43. The molecule has 0 aliphatic carbocycles.